The van der Waals surface area contributed by atoms with E-state index in [-0.39, 0.29) is 23.5 Å². The maximum absolute atomic E-state index is 12.4. The number of benzene rings is 1. The van der Waals surface area contributed by atoms with E-state index in [1.54, 1.807) is 0 Å². The normalized spacial score (nSPS) is 15.3. The first-order valence-electron chi connectivity index (χ1n) is 5.51. The van der Waals surface area contributed by atoms with Crippen LogP contribution in [0.25, 0.3) is 5.76 Å². The van der Waals surface area contributed by atoms with E-state index >= 15 is 0 Å². The van der Waals surface area contributed by atoms with Gasteiger partial charge in [0, 0.05) is 5.56 Å². The Kier molecular flexibility index (Phi) is 3.52. The molecule has 1 aromatic carbocycles. The van der Waals surface area contributed by atoms with Gasteiger partial charge in [0.15, 0.2) is 6.61 Å². The zero-order valence-electron chi connectivity index (χ0n) is 10.3. The highest BCUT2D eigenvalue weighted by atomic mass is 19.4. The summed E-state index contributed by atoms with van der Waals surface area (Å²) in [5.74, 6) is -1.50. The third kappa shape index (κ3) is 2.52. The molecule has 0 bridgehead atoms. The molecule has 1 aliphatic heterocycles. The predicted molar refractivity (Wildman–Crippen MR) is 61.3 cm³/mol. The van der Waals surface area contributed by atoms with Crippen LogP contribution < -0.4 is 0 Å². The Morgan fingerprint density at radius 2 is 1.85 bits per heavy atom. The van der Waals surface area contributed by atoms with Crippen LogP contribution in [0.5, 0.6) is 0 Å². The van der Waals surface area contributed by atoms with Crippen molar-refractivity contribution in [1.29, 1.82) is 0 Å². The van der Waals surface area contributed by atoms with Gasteiger partial charge in [-0.25, -0.2) is 4.79 Å². The van der Waals surface area contributed by atoms with Crippen molar-refractivity contribution in [3.63, 3.8) is 0 Å². The van der Waals surface area contributed by atoms with E-state index < -0.39 is 23.5 Å². The molecule has 0 N–H and O–H groups in total. The maximum atomic E-state index is 12.4. The number of rotatable bonds is 2. The fraction of sp³-hybridized carbons (Fsp3) is 0.231. The van der Waals surface area contributed by atoms with E-state index in [1.165, 1.54) is 0 Å². The van der Waals surface area contributed by atoms with E-state index in [1.807, 2.05) is 0 Å². The number of halogens is 3. The summed E-state index contributed by atoms with van der Waals surface area (Å²) in [6, 6.07) is 3.98. The smallest absolute Gasteiger partial charge is 0.416 e. The first-order chi connectivity index (χ1) is 9.34. The molecule has 2 rings (SSSR count). The van der Waals surface area contributed by atoms with Gasteiger partial charge >= 0.3 is 12.1 Å². The molecule has 4 nitrogen and oxygen atoms in total. The van der Waals surface area contributed by atoms with E-state index in [9.17, 15) is 22.8 Å². The van der Waals surface area contributed by atoms with Gasteiger partial charge in [0.2, 0.25) is 5.78 Å². The van der Waals surface area contributed by atoms with Crippen LogP contribution >= 0.6 is 0 Å². The molecule has 0 aliphatic carbocycles. The van der Waals surface area contributed by atoms with Gasteiger partial charge in [-0.1, -0.05) is 12.1 Å². The molecule has 0 atom stereocenters. The lowest BCUT2D eigenvalue weighted by Gasteiger charge is -2.08. The molecule has 0 amide bonds. The fourth-order valence-corrected chi connectivity index (χ4v) is 1.76. The van der Waals surface area contributed by atoms with Gasteiger partial charge in [0.25, 0.3) is 0 Å². The molecule has 0 saturated heterocycles. The van der Waals surface area contributed by atoms with Crippen LogP contribution in [-0.2, 0) is 25.2 Å². The maximum Gasteiger partial charge on any atom is 0.416 e. The standard InChI is InChI=1S/C13H9F3O4/c1-19-12(18)10-9(17)6-20-11(10)7-2-4-8(5-3-7)13(14,15)16/h2-5H,6H2,1H3. The molecule has 0 radical (unpaired) electrons. The zero-order chi connectivity index (χ0) is 14.9. The Bertz CT molecular complexity index is 585. The van der Waals surface area contributed by atoms with Crippen molar-refractivity contribution in [1.82, 2.24) is 0 Å². The average Bonchev–Trinajstić information content (AvgIpc) is 2.79. The van der Waals surface area contributed by atoms with Crippen LogP contribution in [0.2, 0.25) is 0 Å². The number of Topliss-reactive ketones (excluding diaryl/α,β-unsaturated/α-hetero) is 1. The highest BCUT2D eigenvalue weighted by molar-refractivity contribution is 6.24. The Hall–Kier alpha value is -2.31. The average molecular weight is 286 g/mol. The Morgan fingerprint density at radius 1 is 1.25 bits per heavy atom. The zero-order valence-corrected chi connectivity index (χ0v) is 10.3. The summed E-state index contributed by atoms with van der Waals surface area (Å²) in [4.78, 5) is 23.0. The molecular weight excluding hydrogens is 277 g/mol. The fourth-order valence-electron chi connectivity index (χ4n) is 1.76. The van der Waals surface area contributed by atoms with E-state index in [0.29, 0.717) is 0 Å². The van der Waals surface area contributed by atoms with Gasteiger partial charge in [0.1, 0.15) is 11.3 Å². The number of carbonyl (C=O) groups excluding carboxylic acids is 2. The van der Waals surface area contributed by atoms with Crippen LogP contribution in [0.15, 0.2) is 29.8 Å². The molecule has 1 aliphatic rings. The molecular formula is C13H9F3O4. The molecule has 0 spiro atoms. The summed E-state index contributed by atoms with van der Waals surface area (Å²) in [6.07, 6.45) is -4.45. The highest BCUT2D eigenvalue weighted by Crippen LogP contribution is 2.32. The SMILES string of the molecule is COC(=O)C1=C(c2ccc(C(F)(F)F)cc2)OCC1=O. The van der Waals surface area contributed by atoms with Crippen LogP contribution in [0.3, 0.4) is 0 Å². The van der Waals surface area contributed by atoms with Crippen molar-refractivity contribution in [2.24, 2.45) is 0 Å². The number of methoxy groups -OCH3 is 1. The topological polar surface area (TPSA) is 52.6 Å². The van der Waals surface area contributed by atoms with Crippen molar-refractivity contribution >= 4 is 17.5 Å². The van der Waals surface area contributed by atoms with Gasteiger partial charge in [-0.2, -0.15) is 13.2 Å². The summed E-state index contributed by atoms with van der Waals surface area (Å²) in [5.41, 5.74) is -0.901. The minimum Gasteiger partial charge on any atom is -0.484 e. The second-order valence-corrected chi connectivity index (χ2v) is 3.98. The monoisotopic (exact) mass is 286 g/mol. The van der Waals surface area contributed by atoms with Crippen molar-refractivity contribution < 1.29 is 32.2 Å². The number of carbonyl (C=O) groups is 2. The third-order valence-corrected chi connectivity index (χ3v) is 2.72. The Labute approximate surface area is 111 Å². The van der Waals surface area contributed by atoms with Gasteiger partial charge in [0.05, 0.1) is 12.7 Å². The lowest BCUT2D eigenvalue weighted by molar-refractivity contribution is -0.138. The van der Waals surface area contributed by atoms with Crippen molar-refractivity contribution in [2.45, 2.75) is 6.18 Å². The van der Waals surface area contributed by atoms with E-state index in [4.69, 9.17) is 4.74 Å². The molecule has 0 aromatic heterocycles. The Morgan fingerprint density at radius 3 is 2.35 bits per heavy atom. The van der Waals surface area contributed by atoms with Crippen LogP contribution in [-0.4, -0.2) is 25.5 Å². The number of esters is 1. The summed E-state index contributed by atoms with van der Waals surface area (Å²) in [7, 11) is 1.10. The molecule has 0 fully saturated rings. The number of ketones is 1. The summed E-state index contributed by atoms with van der Waals surface area (Å²) < 4.78 is 46.9. The highest BCUT2D eigenvalue weighted by Gasteiger charge is 2.34. The second-order valence-electron chi connectivity index (χ2n) is 3.98. The number of alkyl halides is 3. The van der Waals surface area contributed by atoms with Gasteiger partial charge in [-0.3, -0.25) is 4.79 Å². The second kappa shape index (κ2) is 4.99. The van der Waals surface area contributed by atoms with Gasteiger partial charge in [-0.15, -0.1) is 0 Å². The van der Waals surface area contributed by atoms with Crippen molar-refractivity contribution in [2.75, 3.05) is 13.7 Å². The largest absolute Gasteiger partial charge is 0.484 e. The van der Waals surface area contributed by atoms with Gasteiger partial charge < -0.3 is 9.47 Å². The van der Waals surface area contributed by atoms with E-state index in [0.717, 1.165) is 31.4 Å². The van der Waals surface area contributed by atoms with Crippen LogP contribution in [0.4, 0.5) is 13.2 Å². The van der Waals surface area contributed by atoms with Gasteiger partial charge in [-0.05, 0) is 12.1 Å². The molecule has 0 saturated carbocycles. The molecule has 1 heterocycles. The predicted octanol–water partition coefficient (Wildman–Crippen LogP) is 2.19. The quantitative estimate of drug-likeness (QED) is 0.617. The minimum atomic E-state index is -4.45. The summed E-state index contributed by atoms with van der Waals surface area (Å²) in [5, 5.41) is 0. The number of ether oxygens (including phenoxy) is 2. The Balaban J connectivity index is 2.42. The van der Waals surface area contributed by atoms with Crippen LogP contribution in [0.1, 0.15) is 11.1 Å². The molecule has 20 heavy (non-hydrogen) atoms. The first kappa shape index (κ1) is 14.1. The molecule has 0 unspecified atom stereocenters. The molecule has 1 aromatic rings. The summed E-state index contributed by atoms with van der Waals surface area (Å²) >= 11 is 0. The van der Waals surface area contributed by atoms with Crippen molar-refractivity contribution in [3.05, 3.63) is 41.0 Å². The molecule has 106 valence electrons. The molecule has 7 heteroatoms. The number of hydrogen-bond acceptors (Lipinski definition) is 4. The van der Waals surface area contributed by atoms with E-state index in [2.05, 4.69) is 4.74 Å². The minimum absolute atomic E-state index is 0.0597. The number of hydrogen-bond donors (Lipinski definition) is 0. The third-order valence-electron chi connectivity index (χ3n) is 2.72. The van der Waals surface area contributed by atoms with Crippen molar-refractivity contribution in [3.8, 4) is 0 Å². The van der Waals surface area contributed by atoms with Crippen LogP contribution in [0, 0.1) is 0 Å². The lowest BCUT2D eigenvalue weighted by Crippen LogP contribution is -2.13. The summed E-state index contributed by atoms with van der Waals surface area (Å²) in [6.45, 7) is -0.333. The first-order valence-corrected chi connectivity index (χ1v) is 5.51. The lowest BCUT2D eigenvalue weighted by atomic mass is 10.1.